The molecule has 5 nitrogen and oxygen atoms in total. The molecule has 1 aliphatic heterocycles. The number of carbonyl (C=O) groups is 1. The molecule has 0 unspecified atom stereocenters. The molecule has 0 aromatic rings. The van der Waals surface area contributed by atoms with E-state index in [9.17, 15) is 18.3 Å². The second-order valence-corrected chi connectivity index (χ2v) is 7.08. The average molecular weight is 270 g/mol. The molecule has 98 valence electrons. The Labute approximate surface area is 105 Å². The van der Waals surface area contributed by atoms with Crippen LogP contribution in [0.1, 0.15) is 25.7 Å². The normalized spacial score (nSPS) is 31.5. The van der Waals surface area contributed by atoms with Crippen LogP contribution in [-0.4, -0.2) is 31.7 Å². The van der Waals surface area contributed by atoms with Crippen LogP contribution in [0.3, 0.4) is 0 Å². The molecular formula is C12H14O5S. The summed E-state index contributed by atoms with van der Waals surface area (Å²) in [5.74, 6) is 0.161. The van der Waals surface area contributed by atoms with Crippen LogP contribution < -0.4 is 0 Å². The molecule has 0 saturated carbocycles. The van der Waals surface area contributed by atoms with E-state index in [2.05, 4.69) is 0 Å². The molecule has 18 heavy (non-hydrogen) atoms. The van der Waals surface area contributed by atoms with E-state index in [1.54, 1.807) is 0 Å². The summed E-state index contributed by atoms with van der Waals surface area (Å²) < 4.78 is 28.7. The number of Topliss-reactive ketones (excluding diaryl/α,β-unsaturated/α-hetero) is 1. The molecule has 1 N–H and O–H groups in total. The molecule has 0 bridgehead atoms. The zero-order valence-corrected chi connectivity index (χ0v) is 10.8. The van der Waals surface area contributed by atoms with E-state index in [0.29, 0.717) is 24.2 Å². The molecule has 2 aliphatic carbocycles. The second-order valence-electron chi connectivity index (χ2n) is 5.04. The molecule has 3 aliphatic rings. The van der Waals surface area contributed by atoms with Crippen molar-refractivity contribution in [3.8, 4) is 0 Å². The lowest BCUT2D eigenvalue weighted by molar-refractivity contribution is -0.116. The van der Waals surface area contributed by atoms with E-state index < -0.39 is 15.9 Å². The summed E-state index contributed by atoms with van der Waals surface area (Å²) in [6, 6.07) is 0. The van der Waals surface area contributed by atoms with E-state index >= 15 is 0 Å². The van der Waals surface area contributed by atoms with Gasteiger partial charge in [-0.2, -0.15) is 0 Å². The third kappa shape index (κ3) is 1.51. The molecule has 0 saturated heterocycles. The van der Waals surface area contributed by atoms with Gasteiger partial charge in [0.1, 0.15) is 11.5 Å². The second kappa shape index (κ2) is 3.60. The number of aliphatic hydroxyl groups excluding tert-OH is 1. The van der Waals surface area contributed by atoms with Crippen molar-refractivity contribution in [2.24, 2.45) is 5.92 Å². The number of ketones is 1. The third-order valence-electron chi connectivity index (χ3n) is 3.82. The fourth-order valence-corrected chi connectivity index (χ4v) is 4.00. The van der Waals surface area contributed by atoms with E-state index in [0.717, 1.165) is 12.7 Å². The molecule has 6 heteroatoms. The number of fused-ring (bicyclic) bond motifs is 2. The minimum absolute atomic E-state index is 0.0161. The number of aliphatic hydroxyl groups is 1. The van der Waals surface area contributed by atoms with Gasteiger partial charge in [-0.05, 0) is 12.8 Å². The minimum atomic E-state index is -3.43. The van der Waals surface area contributed by atoms with Gasteiger partial charge in [0.05, 0.1) is 4.91 Å². The first-order valence-corrected chi connectivity index (χ1v) is 7.83. The smallest absolute Gasteiger partial charge is 0.175 e. The summed E-state index contributed by atoms with van der Waals surface area (Å²) in [7, 11) is -3.43. The molecule has 0 aromatic heterocycles. The van der Waals surface area contributed by atoms with Crippen molar-refractivity contribution >= 4 is 15.6 Å². The van der Waals surface area contributed by atoms with Crippen molar-refractivity contribution in [2.75, 3.05) is 6.26 Å². The third-order valence-corrected chi connectivity index (χ3v) is 5.09. The van der Waals surface area contributed by atoms with Crippen molar-refractivity contribution in [1.29, 1.82) is 0 Å². The van der Waals surface area contributed by atoms with E-state index in [1.165, 1.54) is 0 Å². The van der Waals surface area contributed by atoms with Gasteiger partial charge in [-0.15, -0.1) is 0 Å². The lowest BCUT2D eigenvalue weighted by atomic mass is 9.87. The SMILES string of the molecule is CS(=O)(=O)C1=C(O)[C@@H]2OC3=C(C(=O)CCC3)[C@@H]2C1. The average Bonchev–Trinajstić information content (AvgIpc) is 2.76. The summed E-state index contributed by atoms with van der Waals surface area (Å²) in [4.78, 5) is 11.9. The highest BCUT2D eigenvalue weighted by Gasteiger charge is 2.50. The van der Waals surface area contributed by atoms with Crippen LogP contribution >= 0.6 is 0 Å². The predicted molar refractivity (Wildman–Crippen MR) is 63.4 cm³/mol. The van der Waals surface area contributed by atoms with Crippen LogP contribution in [0.25, 0.3) is 0 Å². The van der Waals surface area contributed by atoms with Gasteiger partial charge < -0.3 is 9.84 Å². The Hall–Kier alpha value is -1.30. The topological polar surface area (TPSA) is 80.7 Å². The number of rotatable bonds is 1. The first-order chi connectivity index (χ1) is 8.39. The van der Waals surface area contributed by atoms with Crippen molar-refractivity contribution in [2.45, 2.75) is 31.8 Å². The maximum atomic E-state index is 11.9. The van der Waals surface area contributed by atoms with Crippen LogP contribution in [0.4, 0.5) is 0 Å². The zero-order valence-electron chi connectivity index (χ0n) is 9.97. The first kappa shape index (κ1) is 11.8. The van der Waals surface area contributed by atoms with E-state index in [-0.39, 0.29) is 28.8 Å². The van der Waals surface area contributed by atoms with Crippen LogP contribution in [0.2, 0.25) is 0 Å². The highest BCUT2D eigenvalue weighted by molar-refractivity contribution is 7.94. The number of ether oxygens (including phenoxy) is 1. The monoisotopic (exact) mass is 270 g/mol. The van der Waals surface area contributed by atoms with Gasteiger partial charge in [0.2, 0.25) is 0 Å². The van der Waals surface area contributed by atoms with Gasteiger partial charge in [0.15, 0.2) is 21.7 Å². The number of hydrogen-bond donors (Lipinski definition) is 1. The standard InChI is InChI=1S/C12H14O5S/c1-18(15,16)9-5-6-10-7(13)3-2-4-8(10)17-12(6)11(9)14/h6,12,14H,2-5H2,1H3/t6-,12+/m0/s1. The van der Waals surface area contributed by atoms with Gasteiger partial charge >= 0.3 is 0 Å². The number of sulfone groups is 1. The predicted octanol–water partition coefficient (Wildman–Crippen LogP) is 1.23. The Morgan fingerprint density at radius 2 is 2.06 bits per heavy atom. The van der Waals surface area contributed by atoms with Gasteiger partial charge in [-0.3, -0.25) is 4.79 Å². The van der Waals surface area contributed by atoms with Gasteiger partial charge in [0, 0.05) is 30.6 Å². The highest BCUT2D eigenvalue weighted by Crippen LogP contribution is 2.48. The minimum Gasteiger partial charge on any atom is -0.507 e. The number of hydrogen-bond acceptors (Lipinski definition) is 5. The molecule has 0 amide bonds. The Balaban J connectivity index is 1.99. The number of carbonyl (C=O) groups excluding carboxylic acids is 1. The Morgan fingerprint density at radius 3 is 2.72 bits per heavy atom. The van der Waals surface area contributed by atoms with Crippen LogP contribution in [-0.2, 0) is 19.4 Å². The molecule has 0 fully saturated rings. The first-order valence-electron chi connectivity index (χ1n) is 5.94. The highest BCUT2D eigenvalue weighted by atomic mass is 32.2. The largest absolute Gasteiger partial charge is 0.507 e. The Bertz CT molecular complexity index is 596. The molecule has 2 atom stereocenters. The Kier molecular flexibility index (Phi) is 2.35. The van der Waals surface area contributed by atoms with Crippen molar-refractivity contribution in [3.05, 3.63) is 22.0 Å². The molecular weight excluding hydrogens is 256 g/mol. The maximum Gasteiger partial charge on any atom is 0.175 e. The lowest BCUT2D eigenvalue weighted by Gasteiger charge is -2.14. The fraction of sp³-hybridized carbons (Fsp3) is 0.583. The Morgan fingerprint density at radius 1 is 1.33 bits per heavy atom. The fourth-order valence-electron chi connectivity index (χ4n) is 3.02. The molecule has 0 aromatic carbocycles. The van der Waals surface area contributed by atoms with Gasteiger partial charge in [-0.1, -0.05) is 0 Å². The van der Waals surface area contributed by atoms with Crippen molar-refractivity contribution in [1.82, 2.24) is 0 Å². The lowest BCUT2D eigenvalue weighted by Crippen LogP contribution is -2.18. The summed E-state index contributed by atoms with van der Waals surface area (Å²) in [5.41, 5.74) is 0.608. The maximum absolute atomic E-state index is 11.9. The summed E-state index contributed by atoms with van der Waals surface area (Å²) in [5, 5.41) is 9.97. The number of allylic oxidation sites excluding steroid dienone is 2. The molecule has 0 radical (unpaired) electrons. The summed E-state index contributed by atoms with van der Waals surface area (Å²) in [6.07, 6.45) is 2.54. The van der Waals surface area contributed by atoms with E-state index in [4.69, 9.17) is 4.74 Å². The van der Waals surface area contributed by atoms with E-state index in [1.807, 2.05) is 0 Å². The van der Waals surface area contributed by atoms with Crippen molar-refractivity contribution in [3.63, 3.8) is 0 Å². The van der Waals surface area contributed by atoms with Gasteiger partial charge in [0.25, 0.3) is 0 Å². The summed E-state index contributed by atoms with van der Waals surface area (Å²) >= 11 is 0. The van der Waals surface area contributed by atoms with Gasteiger partial charge in [-0.25, -0.2) is 8.42 Å². The molecule has 3 rings (SSSR count). The quantitative estimate of drug-likeness (QED) is 0.775. The van der Waals surface area contributed by atoms with Crippen molar-refractivity contribution < 1.29 is 23.1 Å². The molecule has 1 heterocycles. The molecule has 0 spiro atoms. The van der Waals surface area contributed by atoms with Crippen LogP contribution in [0, 0.1) is 5.92 Å². The van der Waals surface area contributed by atoms with Crippen LogP contribution in [0.15, 0.2) is 22.0 Å². The summed E-state index contributed by atoms with van der Waals surface area (Å²) in [6.45, 7) is 0. The zero-order chi connectivity index (χ0) is 13.1. The van der Waals surface area contributed by atoms with Crippen LogP contribution in [0.5, 0.6) is 0 Å².